The fourth-order valence-electron chi connectivity index (χ4n) is 3.72. The van der Waals surface area contributed by atoms with Crippen LogP contribution in [0.2, 0.25) is 0 Å². The van der Waals surface area contributed by atoms with Gasteiger partial charge < -0.3 is 19.1 Å². The Labute approximate surface area is 177 Å². The third-order valence-electron chi connectivity index (χ3n) is 4.98. The van der Waals surface area contributed by atoms with E-state index in [0.29, 0.717) is 38.6 Å². The summed E-state index contributed by atoms with van der Waals surface area (Å²) >= 11 is 0. The molecular formula is C23H41N3O3. The van der Waals surface area contributed by atoms with Crippen molar-refractivity contribution in [3.8, 4) is 0 Å². The number of ether oxygens (including phenoxy) is 1. The van der Waals surface area contributed by atoms with Crippen LogP contribution in [0.25, 0.3) is 0 Å². The smallest absolute Gasteiger partial charge is 0.242 e. The molecule has 0 spiro atoms. The van der Waals surface area contributed by atoms with Crippen molar-refractivity contribution in [2.45, 2.75) is 60.4 Å². The van der Waals surface area contributed by atoms with E-state index in [1.165, 1.54) is 0 Å². The molecule has 6 heteroatoms. The zero-order chi connectivity index (χ0) is 22.0. The highest BCUT2D eigenvalue weighted by atomic mass is 16.5. The van der Waals surface area contributed by atoms with Crippen molar-refractivity contribution in [3.63, 3.8) is 0 Å². The van der Waals surface area contributed by atoms with Crippen molar-refractivity contribution >= 4 is 11.8 Å². The van der Waals surface area contributed by atoms with E-state index < -0.39 is 0 Å². The summed E-state index contributed by atoms with van der Waals surface area (Å²) in [5.74, 6) is 0.334. The van der Waals surface area contributed by atoms with E-state index in [1.54, 1.807) is 16.9 Å². The first kappa shape index (κ1) is 25.2. The van der Waals surface area contributed by atoms with E-state index in [0.717, 1.165) is 18.5 Å². The maximum atomic E-state index is 13.1. The van der Waals surface area contributed by atoms with Crippen LogP contribution in [0.1, 0.15) is 59.6 Å². The summed E-state index contributed by atoms with van der Waals surface area (Å²) in [7, 11) is 3.60. The van der Waals surface area contributed by atoms with Crippen LogP contribution in [0.4, 0.5) is 0 Å². The number of nitrogens with zero attached hydrogens (tertiary/aromatic N) is 3. The van der Waals surface area contributed by atoms with E-state index in [9.17, 15) is 9.59 Å². The van der Waals surface area contributed by atoms with Gasteiger partial charge in [-0.1, -0.05) is 34.6 Å². The Hall–Kier alpha value is -1.82. The van der Waals surface area contributed by atoms with E-state index in [4.69, 9.17) is 4.74 Å². The van der Waals surface area contributed by atoms with E-state index in [-0.39, 0.29) is 23.8 Å². The number of rotatable bonds is 12. The lowest BCUT2D eigenvalue weighted by atomic mass is 9.84. The average Bonchev–Trinajstić information content (AvgIpc) is 3.00. The molecular weight excluding hydrogens is 366 g/mol. The Morgan fingerprint density at radius 2 is 1.86 bits per heavy atom. The first-order valence-electron chi connectivity index (χ1n) is 10.7. The molecule has 0 saturated carbocycles. The van der Waals surface area contributed by atoms with Crippen molar-refractivity contribution in [3.05, 3.63) is 24.0 Å². The largest absolute Gasteiger partial charge is 0.383 e. The highest BCUT2D eigenvalue weighted by molar-refractivity contribution is 5.85. The standard InChI is InChI=1S/C23H41N3O3/c1-8-11-25(21(27)15-19(2)16-23(3,4)5)18-22(28)26(13-14-29-7)17-20-10-9-12-24(20)6/h9-10,12,19H,8,11,13-18H2,1-7H3/t19-/m1/s1. The molecule has 1 heterocycles. The SMILES string of the molecule is CCCN(CC(=O)N(CCOC)Cc1cccn1C)C(=O)C[C@@H](C)CC(C)(C)C. The van der Waals surface area contributed by atoms with Gasteiger partial charge in [0.2, 0.25) is 11.8 Å². The van der Waals surface area contributed by atoms with Crippen molar-refractivity contribution < 1.29 is 14.3 Å². The van der Waals surface area contributed by atoms with Gasteiger partial charge in [0, 0.05) is 45.6 Å². The second-order valence-electron chi connectivity index (χ2n) is 9.31. The Morgan fingerprint density at radius 1 is 1.17 bits per heavy atom. The summed E-state index contributed by atoms with van der Waals surface area (Å²) in [6.07, 6.45) is 4.28. The summed E-state index contributed by atoms with van der Waals surface area (Å²) in [5.41, 5.74) is 1.25. The fourth-order valence-corrected chi connectivity index (χ4v) is 3.72. The zero-order valence-corrected chi connectivity index (χ0v) is 19.5. The topological polar surface area (TPSA) is 54.8 Å². The molecule has 0 radical (unpaired) electrons. The second kappa shape index (κ2) is 12.0. The van der Waals surface area contributed by atoms with Gasteiger partial charge in [0.15, 0.2) is 0 Å². The van der Waals surface area contributed by atoms with Crippen molar-refractivity contribution in [2.75, 3.05) is 33.4 Å². The molecule has 0 aliphatic carbocycles. The fraction of sp³-hybridized carbons (Fsp3) is 0.739. The number of aromatic nitrogens is 1. The van der Waals surface area contributed by atoms with Crippen molar-refractivity contribution in [1.29, 1.82) is 0 Å². The number of methoxy groups -OCH3 is 1. The van der Waals surface area contributed by atoms with Crippen LogP contribution >= 0.6 is 0 Å². The molecule has 1 atom stereocenters. The van der Waals surface area contributed by atoms with Gasteiger partial charge in [0.05, 0.1) is 19.7 Å². The quantitative estimate of drug-likeness (QED) is 0.531. The van der Waals surface area contributed by atoms with Gasteiger partial charge in [-0.2, -0.15) is 0 Å². The molecule has 1 rings (SSSR count). The number of aryl methyl sites for hydroxylation is 1. The lowest BCUT2D eigenvalue weighted by molar-refractivity contribution is -0.141. The molecule has 29 heavy (non-hydrogen) atoms. The van der Waals surface area contributed by atoms with Gasteiger partial charge in [0.1, 0.15) is 0 Å². The summed E-state index contributed by atoms with van der Waals surface area (Å²) in [6, 6.07) is 3.98. The maximum Gasteiger partial charge on any atom is 0.242 e. The molecule has 0 aliphatic heterocycles. The molecule has 0 fully saturated rings. The van der Waals surface area contributed by atoms with Crippen LogP contribution in [-0.2, 0) is 27.9 Å². The number of amides is 2. The highest BCUT2D eigenvalue weighted by Gasteiger charge is 2.24. The minimum absolute atomic E-state index is 0.0338. The Bertz CT molecular complexity index is 634. The highest BCUT2D eigenvalue weighted by Crippen LogP contribution is 2.26. The number of carbonyl (C=O) groups excluding carboxylic acids is 2. The van der Waals surface area contributed by atoms with Crippen LogP contribution in [0.15, 0.2) is 18.3 Å². The number of hydrogen-bond acceptors (Lipinski definition) is 3. The predicted molar refractivity (Wildman–Crippen MR) is 117 cm³/mol. The number of carbonyl (C=O) groups is 2. The second-order valence-corrected chi connectivity index (χ2v) is 9.31. The van der Waals surface area contributed by atoms with Gasteiger partial charge in [-0.3, -0.25) is 9.59 Å². The summed E-state index contributed by atoms with van der Waals surface area (Å²) < 4.78 is 7.20. The van der Waals surface area contributed by atoms with Crippen LogP contribution in [0, 0.1) is 11.3 Å². The van der Waals surface area contributed by atoms with Gasteiger partial charge in [0.25, 0.3) is 0 Å². The van der Waals surface area contributed by atoms with Gasteiger partial charge in [-0.05, 0) is 36.3 Å². The predicted octanol–water partition coefficient (Wildman–Crippen LogP) is 3.70. The molecule has 0 aliphatic rings. The Morgan fingerprint density at radius 3 is 2.38 bits per heavy atom. The first-order valence-corrected chi connectivity index (χ1v) is 10.7. The van der Waals surface area contributed by atoms with Gasteiger partial charge >= 0.3 is 0 Å². The van der Waals surface area contributed by atoms with Crippen LogP contribution in [0.3, 0.4) is 0 Å². The molecule has 0 bridgehead atoms. The zero-order valence-electron chi connectivity index (χ0n) is 19.5. The molecule has 1 aromatic heterocycles. The molecule has 6 nitrogen and oxygen atoms in total. The van der Waals surface area contributed by atoms with E-state index in [1.807, 2.05) is 36.9 Å². The van der Waals surface area contributed by atoms with Crippen molar-refractivity contribution in [1.82, 2.24) is 14.4 Å². The average molecular weight is 408 g/mol. The third-order valence-corrected chi connectivity index (χ3v) is 4.98. The monoisotopic (exact) mass is 407 g/mol. The number of hydrogen-bond donors (Lipinski definition) is 0. The lowest BCUT2D eigenvalue weighted by Crippen LogP contribution is -2.44. The molecule has 0 N–H and O–H groups in total. The summed E-state index contributed by atoms with van der Waals surface area (Å²) in [6.45, 7) is 13.0. The molecule has 0 unspecified atom stereocenters. The van der Waals surface area contributed by atoms with Crippen LogP contribution in [0.5, 0.6) is 0 Å². The van der Waals surface area contributed by atoms with Crippen molar-refractivity contribution in [2.24, 2.45) is 18.4 Å². The molecule has 1 aromatic rings. The molecule has 166 valence electrons. The normalized spacial score (nSPS) is 12.7. The third kappa shape index (κ3) is 9.48. The molecule has 0 aromatic carbocycles. The van der Waals surface area contributed by atoms with Gasteiger partial charge in [-0.15, -0.1) is 0 Å². The summed E-state index contributed by atoms with van der Waals surface area (Å²) in [5, 5.41) is 0. The van der Waals surface area contributed by atoms with Gasteiger partial charge in [-0.25, -0.2) is 0 Å². The maximum absolute atomic E-state index is 13.1. The first-order chi connectivity index (χ1) is 13.6. The summed E-state index contributed by atoms with van der Waals surface area (Å²) in [4.78, 5) is 29.5. The Kier molecular flexibility index (Phi) is 10.4. The molecule has 0 saturated heterocycles. The molecule has 2 amide bonds. The minimum atomic E-state index is -0.0338. The van der Waals surface area contributed by atoms with Crippen LogP contribution < -0.4 is 0 Å². The van der Waals surface area contributed by atoms with E-state index >= 15 is 0 Å². The van der Waals surface area contributed by atoms with E-state index in [2.05, 4.69) is 27.7 Å². The lowest BCUT2D eigenvalue weighted by Gasteiger charge is -2.29. The Balaban J connectivity index is 2.79. The minimum Gasteiger partial charge on any atom is -0.383 e. The van der Waals surface area contributed by atoms with Crippen LogP contribution in [-0.4, -0.2) is 59.5 Å².